The monoisotopic (exact) mass is 236 g/mol. The van der Waals surface area contributed by atoms with Crippen molar-refractivity contribution < 1.29 is 0 Å². The predicted octanol–water partition coefficient (Wildman–Crippen LogP) is 4.28. The molecule has 0 saturated carbocycles. The lowest BCUT2D eigenvalue weighted by Crippen LogP contribution is -1.74. The second-order valence-electron chi connectivity index (χ2n) is 3.72. The normalized spacial score (nSPS) is 10.4. The number of benzene rings is 2. The van der Waals surface area contributed by atoms with Crippen LogP contribution in [0.1, 0.15) is 0 Å². The Morgan fingerprint density at radius 3 is 2.53 bits per heavy atom. The first-order valence-corrected chi connectivity index (χ1v) is 6.20. The van der Waals surface area contributed by atoms with Crippen LogP contribution >= 0.6 is 11.5 Å². The molecule has 81 valence electrons. The van der Waals surface area contributed by atoms with Crippen LogP contribution in [0.5, 0.6) is 0 Å². The highest BCUT2D eigenvalue weighted by atomic mass is 32.1. The molecule has 0 fully saturated rings. The first-order chi connectivity index (χ1) is 8.43. The topological polar surface area (TPSA) is 12.9 Å². The summed E-state index contributed by atoms with van der Waals surface area (Å²) in [6.07, 6.45) is 0. The number of aromatic nitrogens is 1. The van der Waals surface area contributed by atoms with Gasteiger partial charge in [-0.25, -0.2) is 0 Å². The summed E-state index contributed by atoms with van der Waals surface area (Å²) in [5, 5.41) is 0. The molecular weight excluding hydrogens is 226 g/mol. The molecule has 0 N–H and O–H groups in total. The first kappa shape index (κ1) is 10.2. The van der Waals surface area contributed by atoms with E-state index in [9.17, 15) is 0 Å². The average Bonchev–Trinajstić information content (AvgIpc) is 2.90. The summed E-state index contributed by atoms with van der Waals surface area (Å²) >= 11 is 1.53. The molecule has 0 unspecified atom stereocenters. The van der Waals surface area contributed by atoms with Gasteiger partial charge < -0.3 is 0 Å². The highest BCUT2D eigenvalue weighted by molar-refractivity contribution is 7.09. The molecule has 0 aliphatic carbocycles. The Morgan fingerprint density at radius 2 is 1.76 bits per heavy atom. The molecule has 1 heterocycles. The second-order valence-corrected chi connectivity index (χ2v) is 4.52. The molecule has 0 aliphatic rings. The van der Waals surface area contributed by atoms with Crippen LogP contribution in [0.2, 0.25) is 0 Å². The Hall–Kier alpha value is -1.93. The Morgan fingerprint density at radius 1 is 0.941 bits per heavy atom. The van der Waals surface area contributed by atoms with Crippen LogP contribution in [-0.2, 0) is 0 Å². The van der Waals surface area contributed by atoms with Crippen LogP contribution in [-0.4, -0.2) is 4.37 Å². The molecule has 1 nitrogen and oxygen atoms in total. The van der Waals surface area contributed by atoms with E-state index < -0.39 is 0 Å². The van der Waals surface area contributed by atoms with Gasteiger partial charge in [0.15, 0.2) is 0 Å². The summed E-state index contributed by atoms with van der Waals surface area (Å²) < 4.78 is 4.47. The van der Waals surface area contributed by atoms with Crippen molar-refractivity contribution >= 4 is 11.5 Å². The Balaban J connectivity index is 1.99. The van der Waals surface area contributed by atoms with Crippen molar-refractivity contribution in [3.05, 3.63) is 66.7 Å². The minimum atomic E-state index is 0.995. The fourth-order valence-electron chi connectivity index (χ4n) is 1.69. The molecule has 2 aromatic carbocycles. The van der Waals surface area contributed by atoms with Crippen LogP contribution in [0.3, 0.4) is 0 Å². The molecule has 0 saturated heterocycles. The van der Waals surface area contributed by atoms with Crippen molar-refractivity contribution in [2.45, 2.75) is 0 Å². The summed E-state index contributed by atoms with van der Waals surface area (Å²) in [7, 11) is 0. The minimum Gasteiger partial charge on any atom is -0.192 e. The van der Waals surface area contributed by atoms with Crippen molar-refractivity contribution in [1.29, 1.82) is 0 Å². The zero-order valence-electron chi connectivity index (χ0n) is 9.13. The van der Waals surface area contributed by atoms with E-state index >= 15 is 0 Å². The van der Waals surface area contributed by atoms with E-state index in [0.717, 1.165) is 11.3 Å². The third kappa shape index (κ3) is 2.12. The lowest BCUT2D eigenvalue weighted by atomic mass is 10.1. The third-order valence-corrected chi connectivity index (χ3v) is 3.39. The van der Waals surface area contributed by atoms with Crippen molar-refractivity contribution in [3.8, 4) is 21.7 Å². The van der Waals surface area contributed by atoms with E-state index in [1.165, 1.54) is 22.0 Å². The summed E-state index contributed by atoms with van der Waals surface area (Å²) in [5.74, 6) is 0. The lowest BCUT2D eigenvalue weighted by molar-refractivity contribution is 1.52. The van der Waals surface area contributed by atoms with Gasteiger partial charge in [-0.2, -0.15) is 4.37 Å². The number of hydrogen-bond acceptors (Lipinski definition) is 2. The molecular formula is C15H10NS. The number of nitrogens with zero attached hydrogens (tertiary/aromatic N) is 1. The van der Waals surface area contributed by atoms with Gasteiger partial charge in [-0.05, 0) is 29.2 Å². The maximum Gasteiger partial charge on any atom is 0.0853 e. The van der Waals surface area contributed by atoms with Crippen molar-refractivity contribution in [2.24, 2.45) is 0 Å². The van der Waals surface area contributed by atoms with Gasteiger partial charge in [0, 0.05) is 5.56 Å². The Labute approximate surface area is 105 Å². The standard InChI is InChI=1S/C15H10NS/c1-3-7-12(8-4-1)14-11-15(17-16-14)13-9-5-2-6-10-13/h1-7,9-11H. The third-order valence-electron chi connectivity index (χ3n) is 2.55. The first-order valence-electron chi connectivity index (χ1n) is 5.43. The van der Waals surface area contributed by atoms with Gasteiger partial charge >= 0.3 is 0 Å². The molecule has 0 amide bonds. The van der Waals surface area contributed by atoms with Crippen molar-refractivity contribution in [2.75, 3.05) is 0 Å². The minimum absolute atomic E-state index is 0.995. The zero-order chi connectivity index (χ0) is 11.5. The maximum absolute atomic E-state index is 4.47. The van der Waals surface area contributed by atoms with E-state index in [2.05, 4.69) is 28.6 Å². The van der Waals surface area contributed by atoms with E-state index in [0.29, 0.717) is 0 Å². The largest absolute Gasteiger partial charge is 0.192 e. The fraction of sp³-hybridized carbons (Fsp3) is 0. The fourth-order valence-corrected chi connectivity index (χ4v) is 2.45. The van der Waals surface area contributed by atoms with E-state index in [1.54, 1.807) is 0 Å². The average molecular weight is 236 g/mol. The molecule has 17 heavy (non-hydrogen) atoms. The molecule has 3 rings (SSSR count). The molecule has 3 aromatic rings. The quantitative estimate of drug-likeness (QED) is 0.647. The van der Waals surface area contributed by atoms with Gasteiger partial charge in [0.2, 0.25) is 0 Å². The molecule has 2 heteroatoms. The van der Waals surface area contributed by atoms with Crippen LogP contribution in [0.15, 0.2) is 60.7 Å². The Bertz CT molecular complexity index is 545. The SMILES string of the molecule is [c]1ccccc1-c1cc(-c2ccccc2)sn1. The van der Waals surface area contributed by atoms with Crippen LogP contribution < -0.4 is 0 Å². The van der Waals surface area contributed by atoms with Gasteiger partial charge in [-0.3, -0.25) is 0 Å². The smallest absolute Gasteiger partial charge is 0.0853 e. The molecule has 0 spiro atoms. The van der Waals surface area contributed by atoms with Crippen molar-refractivity contribution in [3.63, 3.8) is 0 Å². The van der Waals surface area contributed by atoms with Gasteiger partial charge in [0.1, 0.15) is 0 Å². The van der Waals surface area contributed by atoms with E-state index in [4.69, 9.17) is 0 Å². The van der Waals surface area contributed by atoms with Gasteiger partial charge in [0.05, 0.1) is 10.6 Å². The van der Waals surface area contributed by atoms with Gasteiger partial charge in [-0.1, -0.05) is 54.6 Å². The lowest BCUT2D eigenvalue weighted by Gasteiger charge is -1.94. The molecule has 0 bridgehead atoms. The summed E-state index contributed by atoms with van der Waals surface area (Å²) in [6.45, 7) is 0. The maximum atomic E-state index is 4.47. The highest BCUT2D eigenvalue weighted by Crippen LogP contribution is 2.28. The van der Waals surface area contributed by atoms with Gasteiger partial charge in [-0.15, -0.1) is 0 Å². The molecule has 0 atom stereocenters. The zero-order valence-corrected chi connectivity index (χ0v) is 9.95. The highest BCUT2D eigenvalue weighted by Gasteiger charge is 2.05. The van der Waals surface area contributed by atoms with Crippen LogP contribution in [0, 0.1) is 6.07 Å². The predicted molar refractivity (Wildman–Crippen MR) is 71.8 cm³/mol. The Kier molecular flexibility index (Phi) is 2.72. The van der Waals surface area contributed by atoms with Crippen LogP contribution in [0.4, 0.5) is 0 Å². The van der Waals surface area contributed by atoms with Crippen LogP contribution in [0.25, 0.3) is 21.7 Å². The molecule has 0 aliphatic heterocycles. The van der Waals surface area contributed by atoms with Crippen molar-refractivity contribution in [1.82, 2.24) is 4.37 Å². The molecule has 1 aromatic heterocycles. The number of hydrogen-bond donors (Lipinski definition) is 0. The summed E-state index contributed by atoms with van der Waals surface area (Å²) in [4.78, 5) is 1.19. The summed E-state index contributed by atoms with van der Waals surface area (Å²) in [6, 6.07) is 23.5. The van der Waals surface area contributed by atoms with Gasteiger partial charge in [0.25, 0.3) is 0 Å². The second kappa shape index (κ2) is 4.52. The van der Waals surface area contributed by atoms with E-state index in [1.807, 2.05) is 42.5 Å². The van der Waals surface area contributed by atoms with E-state index in [-0.39, 0.29) is 0 Å². The molecule has 1 radical (unpaired) electrons. The summed E-state index contributed by atoms with van der Waals surface area (Å²) in [5.41, 5.74) is 3.26. The number of rotatable bonds is 2.